The van der Waals surface area contributed by atoms with Crippen LogP contribution in [0.4, 0.5) is 5.69 Å². The van der Waals surface area contributed by atoms with Gasteiger partial charge in [0.1, 0.15) is 23.1 Å². The molecule has 0 aliphatic carbocycles. The first-order chi connectivity index (χ1) is 24.7. The number of anilines is 1. The average molecular weight is 686 g/mol. The lowest BCUT2D eigenvalue weighted by Gasteiger charge is -2.37. The summed E-state index contributed by atoms with van der Waals surface area (Å²) in [7, 11) is 2.96. The summed E-state index contributed by atoms with van der Waals surface area (Å²) in [6.07, 6.45) is 2.44. The molecular formula is C41H39N3O7. The molecule has 0 aliphatic heterocycles. The van der Waals surface area contributed by atoms with Gasteiger partial charge < -0.3 is 35.6 Å². The first-order valence-electron chi connectivity index (χ1n) is 16.2. The highest BCUT2D eigenvalue weighted by molar-refractivity contribution is 6.01. The summed E-state index contributed by atoms with van der Waals surface area (Å²) in [5.74, 6) is -1.34. The van der Waals surface area contributed by atoms with Gasteiger partial charge in [0.2, 0.25) is 17.7 Å². The third kappa shape index (κ3) is 8.73. The van der Waals surface area contributed by atoms with Crippen molar-refractivity contribution in [2.75, 3.05) is 19.5 Å². The fourth-order valence-corrected chi connectivity index (χ4v) is 5.76. The summed E-state index contributed by atoms with van der Waals surface area (Å²) < 4.78 is 10.7. The molecule has 51 heavy (non-hydrogen) atoms. The Balaban J connectivity index is 1.43. The van der Waals surface area contributed by atoms with Gasteiger partial charge in [-0.1, -0.05) is 97.1 Å². The topological polar surface area (TPSA) is 146 Å². The fraction of sp³-hybridized carbons (Fsp3) is 0.146. The summed E-state index contributed by atoms with van der Waals surface area (Å²) >= 11 is 0. The van der Waals surface area contributed by atoms with Gasteiger partial charge in [0, 0.05) is 18.6 Å². The minimum absolute atomic E-state index is 0.0576. The third-order valence-corrected chi connectivity index (χ3v) is 8.33. The minimum atomic E-state index is -1.16. The van der Waals surface area contributed by atoms with E-state index in [2.05, 4.69) is 16.0 Å². The molecule has 5 rings (SSSR count). The number of amides is 3. The molecule has 0 fully saturated rings. The second-order valence-electron chi connectivity index (χ2n) is 11.6. The van der Waals surface area contributed by atoms with E-state index < -0.39 is 23.4 Å². The molecule has 0 heterocycles. The molecule has 5 aromatic carbocycles. The lowest BCUT2D eigenvalue weighted by Crippen LogP contribution is -2.49. The van der Waals surface area contributed by atoms with Gasteiger partial charge in [-0.15, -0.1) is 0 Å². The lowest BCUT2D eigenvalue weighted by molar-refractivity contribution is -0.125. The van der Waals surface area contributed by atoms with E-state index in [1.165, 1.54) is 44.6 Å². The maximum absolute atomic E-state index is 14.1. The number of ether oxygens (including phenoxy) is 2. The highest BCUT2D eigenvalue weighted by atomic mass is 16.5. The van der Waals surface area contributed by atoms with Gasteiger partial charge in [-0.05, 0) is 59.0 Å². The van der Waals surface area contributed by atoms with E-state index >= 15 is 0 Å². The van der Waals surface area contributed by atoms with Crippen LogP contribution in [-0.4, -0.2) is 48.2 Å². The van der Waals surface area contributed by atoms with E-state index in [0.29, 0.717) is 22.7 Å². The van der Waals surface area contributed by atoms with Crippen molar-refractivity contribution < 1.29 is 34.1 Å². The van der Waals surface area contributed by atoms with E-state index in [1.54, 1.807) is 18.2 Å². The molecular weight excluding hydrogens is 646 g/mol. The zero-order chi connectivity index (χ0) is 36.2. The SMILES string of the molecule is COc1ccc(OC)c(NC(=O)[C@H](CCC(=O)NC(c2ccccc2)(c2ccccc2)c2ccccc2)NC(=O)C=Cc2ccc(O)c(O)c2)c1. The van der Waals surface area contributed by atoms with Crippen molar-refractivity contribution in [1.29, 1.82) is 0 Å². The van der Waals surface area contributed by atoms with Gasteiger partial charge in [0.15, 0.2) is 11.5 Å². The quantitative estimate of drug-likeness (QED) is 0.0536. The van der Waals surface area contributed by atoms with Crippen LogP contribution in [0.5, 0.6) is 23.0 Å². The van der Waals surface area contributed by atoms with Crippen LogP contribution in [0, 0.1) is 0 Å². The first-order valence-corrected chi connectivity index (χ1v) is 16.2. The molecule has 260 valence electrons. The molecule has 0 aliphatic rings. The van der Waals surface area contributed by atoms with Crippen LogP contribution in [0.2, 0.25) is 0 Å². The third-order valence-electron chi connectivity index (χ3n) is 8.33. The van der Waals surface area contributed by atoms with Gasteiger partial charge in [-0.2, -0.15) is 0 Å². The molecule has 10 heteroatoms. The summed E-state index contributed by atoms with van der Waals surface area (Å²) in [5.41, 5.74) is 2.23. The standard InChI is InChI=1S/C41H39N3O7/c1-50-32-20-23-37(51-2)34(27-32)43-40(49)33(42-38(47)24-19-28-18-22-35(45)36(46)26-28)21-25-39(48)44-41(29-12-6-3-7-13-29,30-14-8-4-9-15-30)31-16-10-5-11-17-31/h3-20,22-24,26-27,33,45-46H,21,25H2,1-2H3,(H,42,47)(H,43,49)(H,44,48)/t33-/m0/s1. The number of phenolic OH excluding ortho intramolecular Hbond substituents is 2. The molecule has 0 unspecified atom stereocenters. The Morgan fingerprint density at radius 2 is 1.31 bits per heavy atom. The van der Waals surface area contributed by atoms with Gasteiger partial charge in [0.05, 0.1) is 19.9 Å². The molecule has 1 atom stereocenters. The van der Waals surface area contributed by atoms with Crippen molar-refractivity contribution in [3.63, 3.8) is 0 Å². The normalized spacial score (nSPS) is 11.7. The first kappa shape index (κ1) is 35.7. The van der Waals surface area contributed by atoms with Crippen molar-refractivity contribution in [2.24, 2.45) is 0 Å². The number of rotatable bonds is 14. The fourth-order valence-electron chi connectivity index (χ4n) is 5.76. The van der Waals surface area contributed by atoms with Crippen molar-refractivity contribution in [2.45, 2.75) is 24.4 Å². The van der Waals surface area contributed by atoms with Crippen LogP contribution < -0.4 is 25.4 Å². The van der Waals surface area contributed by atoms with Crippen molar-refractivity contribution >= 4 is 29.5 Å². The van der Waals surface area contributed by atoms with E-state index in [1.807, 2.05) is 91.0 Å². The number of phenols is 2. The van der Waals surface area contributed by atoms with Gasteiger partial charge in [0.25, 0.3) is 0 Å². The zero-order valence-corrected chi connectivity index (χ0v) is 28.2. The van der Waals surface area contributed by atoms with Crippen molar-refractivity contribution in [1.82, 2.24) is 10.6 Å². The number of hydrogen-bond acceptors (Lipinski definition) is 7. The van der Waals surface area contributed by atoms with Gasteiger partial charge >= 0.3 is 0 Å². The Morgan fingerprint density at radius 1 is 0.725 bits per heavy atom. The van der Waals surface area contributed by atoms with Crippen LogP contribution in [-0.2, 0) is 19.9 Å². The second kappa shape index (κ2) is 16.7. The lowest BCUT2D eigenvalue weighted by atomic mass is 9.77. The summed E-state index contributed by atoms with van der Waals surface area (Å²) in [6, 6.07) is 36.8. The Bertz CT molecular complexity index is 1890. The zero-order valence-electron chi connectivity index (χ0n) is 28.2. The molecule has 0 saturated heterocycles. The molecule has 0 aromatic heterocycles. The summed E-state index contributed by atoms with van der Waals surface area (Å²) in [5, 5.41) is 28.2. The molecule has 10 nitrogen and oxygen atoms in total. The molecule has 0 radical (unpaired) electrons. The largest absolute Gasteiger partial charge is 0.504 e. The Morgan fingerprint density at radius 3 is 1.84 bits per heavy atom. The van der Waals surface area contributed by atoms with Crippen LogP contribution in [0.25, 0.3) is 6.08 Å². The maximum Gasteiger partial charge on any atom is 0.247 e. The summed E-state index contributed by atoms with van der Waals surface area (Å²) in [6.45, 7) is 0. The Hall–Kier alpha value is -6.55. The molecule has 5 aromatic rings. The predicted octanol–water partition coefficient (Wildman–Crippen LogP) is 6.14. The number of benzene rings is 5. The smallest absolute Gasteiger partial charge is 0.247 e. The molecule has 0 spiro atoms. The highest BCUT2D eigenvalue weighted by Crippen LogP contribution is 2.37. The number of nitrogens with one attached hydrogen (secondary N) is 3. The Kier molecular flexibility index (Phi) is 11.7. The van der Waals surface area contributed by atoms with Crippen molar-refractivity contribution in [3.8, 4) is 23.0 Å². The minimum Gasteiger partial charge on any atom is -0.504 e. The monoisotopic (exact) mass is 685 g/mol. The van der Waals surface area contributed by atoms with Gasteiger partial charge in [-0.3, -0.25) is 14.4 Å². The number of carbonyl (C=O) groups excluding carboxylic acids is 3. The number of carbonyl (C=O) groups is 3. The highest BCUT2D eigenvalue weighted by Gasteiger charge is 2.38. The van der Waals surface area contributed by atoms with Crippen LogP contribution >= 0.6 is 0 Å². The Labute approximate surface area is 296 Å². The molecule has 0 saturated carbocycles. The average Bonchev–Trinajstić information content (AvgIpc) is 3.16. The maximum atomic E-state index is 14.1. The summed E-state index contributed by atoms with van der Waals surface area (Å²) in [4.78, 5) is 41.0. The number of aromatic hydroxyl groups is 2. The van der Waals surface area contributed by atoms with E-state index in [-0.39, 0.29) is 30.2 Å². The molecule has 0 bridgehead atoms. The van der Waals surface area contributed by atoms with Crippen LogP contribution in [0.1, 0.15) is 35.1 Å². The van der Waals surface area contributed by atoms with E-state index in [4.69, 9.17) is 9.47 Å². The van der Waals surface area contributed by atoms with Gasteiger partial charge in [-0.25, -0.2) is 0 Å². The number of methoxy groups -OCH3 is 2. The number of hydrogen-bond donors (Lipinski definition) is 5. The molecule has 3 amide bonds. The van der Waals surface area contributed by atoms with Crippen LogP contribution in [0.3, 0.4) is 0 Å². The predicted molar refractivity (Wildman–Crippen MR) is 195 cm³/mol. The van der Waals surface area contributed by atoms with E-state index in [0.717, 1.165) is 16.7 Å². The molecule has 5 N–H and O–H groups in total. The van der Waals surface area contributed by atoms with Crippen molar-refractivity contribution in [3.05, 3.63) is 156 Å². The van der Waals surface area contributed by atoms with E-state index in [9.17, 15) is 24.6 Å². The van der Waals surface area contributed by atoms with Crippen LogP contribution in [0.15, 0.2) is 133 Å². The second-order valence-corrected chi connectivity index (χ2v) is 11.6.